The van der Waals surface area contributed by atoms with Gasteiger partial charge in [-0.3, -0.25) is 14.2 Å². The number of benzene rings is 2. The second kappa shape index (κ2) is 10.8. The molecule has 1 aliphatic carbocycles. The van der Waals surface area contributed by atoms with Gasteiger partial charge in [-0.25, -0.2) is 4.98 Å². The van der Waals surface area contributed by atoms with Crippen molar-refractivity contribution in [2.45, 2.75) is 49.1 Å². The van der Waals surface area contributed by atoms with Gasteiger partial charge in [0.2, 0.25) is 5.91 Å². The summed E-state index contributed by atoms with van der Waals surface area (Å²) in [4.78, 5) is 35.7. The summed E-state index contributed by atoms with van der Waals surface area (Å²) in [7, 11) is 3.61. The van der Waals surface area contributed by atoms with Crippen molar-refractivity contribution in [2.75, 3.05) is 32.1 Å². The van der Waals surface area contributed by atoms with Crippen molar-refractivity contribution in [2.24, 2.45) is 0 Å². The monoisotopic (exact) mass is 504 g/mol. The first-order valence-corrected chi connectivity index (χ1v) is 13.4. The minimum Gasteiger partial charge on any atom is -0.495 e. The molecule has 1 aliphatic heterocycles. The molecule has 0 radical (unpaired) electrons. The van der Waals surface area contributed by atoms with Crippen LogP contribution in [0.4, 0.5) is 5.69 Å². The van der Waals surface area contributed by atoms with Crippen molar-refractivity contribution in [1.29, 1.82) is 0 Å². The lowest BCUT2D eigenvalue weighted by molar-refractivity contribution is -0.131. The van der Waals surface area contributed by atoms with E-state index in [1.54, 1.807) is 28.3 Å². The Bertz CT molecular complexity index is 1290. The van der Waals surface area contributed by atoms with Crippen LogP contribution in [0.2, 0.25) is 0 Å². The van der Waals surface area contributed by atoms with Gasteiger partial charge in [0.1, 0.15) is 5.75 Å². The fourth-order valence-corrected chi connectivity index (χ4v) is 6.00. The summed E-state index contributed by atoms with van der Waals surface area (Å²) in [6.45, 7) is 1.45. The molecule has 36 heavy (non-hydrogen) atoms. The fourth-order valence-electron chi connectivity index (χ4n) is 4.68. The van der Waals surface area contributed by atoms with Gasteiger partial charge in [0, 0.05) is 38.2 Å². The quantitative estimate of drug-likeness (QED) is 0.426. The van der Waals surface area contributed by atoms with Crippen LogP contribution in [0.1, 0.15) is 36.9 Å². The number of carbonyl (C=O) groups excluding carboxylic acids is 1. The number of hydrogen-bond acceptors (Lipinski definition) is 6. The molecule has 0 atom stereocenters. The number of ether oxygens (including phenoxy) is 1. The number of amides is 1. The molecule has 2 aliphatic rings. The number of thioether (sulfide) groups is 1. The highest BCUT2D eigenvalue weighted by molar-refractivity contribution is 7.99. The Balaban J connectivity index is 1.34. The van der Waals surface area contributed by atoms with E-state index in [2.05, 4.69) is 0 Å². The van der Waals surface area contributed by atoms with E-state index in [0.29, 0.717) is 43.3 Å². The predicted octanol–water partition coefficient (Wildman–Crippen LogP) is 4.30. The summed E-state index contributed by atoms with van der Waals surface area (Å²) in [5, 5.41) is 1.29. The first kappa shape index (κ1) is 24.4. The number of hydrogen-bond donors (Lipinski definition) is 0. The Kier molecular flexibility index (Phi) is 7.32. The highest BCUT2D eigenvalue weighted by Crippen LogP contribution is 2.36. The Hall–Kier alpha value is -3.26. The first-order valence-electron chi connectivity index (χ1n) is 12.5. The van der Waals surface area contributed by atoms with E-state index in [4.69, 9.17) is 9.72 Å². The number of nitrogens with zero attached hydrogens (tertiary/aromatic N) is 4. The number of para-hydroxylation sites is 3. The molecule has 1 saturated carbocycles. The summed E-state index contributed by atoms with van der Waals surface area (Å²) < 4.78 is 7.19. The smallest absolute Gasteiger partial charge is 0.264 e. The zero-order chi connectivity index (χ0) is 25.1. The van der Waals surface area contributed by atoms with Crippen LogP contribution in [0.15, 0.2) is 64.5 Å². The average Bonchev–Trinajstić information content (AvgIpc) is 2.89. The normalized spacial score (nSPS) is 15.2. The number of fused-ring (bicyclic) bond motifs is 1. The molecule has 7 nitrogen and oxygen atoms in total. The maximum atomic E-state index is 13.8. The van der Waals surface area contributed by atoms with Crippen LogP contribution in [-0.2, 0) is 17.8 Å². The largest absolute Gasteiger partial charge is 0.495 e. The molecule has 188 valence electrons. The van der Waals surface area contributed by atoms with Crippen LogP contribution < -0.4 is 15.2 Å². The molecule has 5 rings (SSSR count). The number of anilines is 1. The lowest BCUT2D eigenvalue weighted by Gasteiger charge is -2.31. The van der Waals surface area contributed by atoms with Crippen LogP contribution in [-0.4, -0.2) is 52.9 Å². The van der Waals surface area contributed by atoms with Gasteiger partial charge in [-0.05, 0) is 37.1 Å². The number of methoxy groups -OCH3 is 1. The maximum Gasteiger partial charge on any atom is 0.264 e. The molecule has 3 aromatic rings. The SMILES string of the molecule is COc1ccccc1N(C)CCC(=O)N1CCc2nc(SC3CCC3)n(-c3ccccc3)c(=O)c2C1. The van der Waals surface area contributed by atoms with Crippen LogP contribution in [0.5, 0.6) is 5.75 Å². The van der Waals surface area contributed by atoms with Crippen LogP contribution in [0, 0.1) is 0 Å². The van der Waals surface area contributed by atoms with Gasteiger partial charge >= 0.3 is 0 Å². The molecule has 0 saturated heterocycles. The van der Waals surface area contributed by atoms with E-state index in [0.717, 1.165) is 40.8 Å². The molecule has 1 aromatic heterocycles. The van der Waals surface area contributed by atoms with E-state index >= 15 is 0 Å². The van der Waals surface area contributed by atoms with Crippen molar-refractivity contribution in [1.82, 2.24) is 14.5 Å². The molecule has 0 N–H and O–H groups in total. The summed E-state index contributed by atoms with van der Waals surface area (Å²) in [5.41, 5.74) is 3.18. The third kappa shape index (κ3) is 5.00. The Morgan fingerprint density at radius 1 is 1.14 bits per heavy atom. The summed E-state index contributed by atoms with van der Waals surface area (Å²) in [5.74, 6) is 0.823. The van der Waals surface area contributed by atoms with Gasteiger partial charge in [-0.2, -0.15) is 0 Å². The van der Waals surface area contributed by atoms with Gasteiger partial charge in [0.25, 0.3) is 5.56 Å². The molecule has 8 heteroatoms. The third-order valence-electron chi connectivity index (χ3n) is 7.05. The second-order valence-electron chi connectivity index (χ2n) is 9.38. The molecule has 0 spiro atoms. The zero-order valence-corrected chi connectivity index (χ0v) is 21.7. The van der Waals surface area contributed by atoms with Crippen molar-refractivity contribution in [3.05, 3.63) is 76.2 Å². The lowest BCUT2D eigenvalue weighted by atomic mass is 10.0. The highest BCUT2D eigenvalue weighted by atomic mass is 32.2. The van der Waals surface area contributed by atoms with Crippen LogP contribution >= 0.6 is 11.8 Å². The topological polar surface area (TPSA) is 67.7 Å². The minimum atomic E-state index is -0.0586. The van der Waals surface area contributed by atoms with Crippen molar-refractivity contribution >= 4 is 23.4 Å². The second-order valence-corrected chi connectivity index (χ2v) is 10.6. The summed E-state index contributed by atoms with van der Waals surface area (Å²) in [6, 6.07) is 17.5. The average molecular weight is 505 g/mol. The molecular formula is C28H32N4O3S. The number of aromatic nitrogens is 2. The van der Waals surface area contributed by atoms with Crippen molar-refractivity contribution in [3.8, 4) is 11.4 Å². The minimum absolute atomic E-state index is 0.0426. The van der Waals surface area contributed by atoms with E-state index < -0.39 is 0 Å². The third-order valence-corrected chi connectivity index (χ3v) is 8.34. The van der Waals surface area contributed by atoms with Gasteiger partial charge in [-0.1, -0.05) is 48.5 Å². The first-order chi connectivity index (χ1) is 17.5. The molecule has 2 heterocycles. The molecular weight excluding hydrogens is 472 g/mol. The lowest BCUT2D eigenvalue weighted by Crippen LogP contribution is -2.42. The molecule has 1 amide bonds. The predicted molar refractivity (Wildman–Crippen MR) is 143 cm³/mol. The van der Waals surface area contributed by atoms with Gasteiger partial charge in [0.05, 0.1) is 36.3 Å². The zero-order valence-electron chi connectivity index (χ0n) is 20.9. The van der Waals surface area contributed by atoms with Crippen LogP contribution in [0.3, 0.4) is 0 Å². The van der Waals surface area contributed by atoms with E-state index in [-0.39, 0.29) is 11.5 Å². The highest BCUT2D eigenvalue weighted by Gasteiger charge is 2.29. The van der Waals surface area contributed by atoms with E-state index in [9.17, 15) is 9.59 Å². The number of carbonyl (C=O) groups is 1. The van der Waals surface area contributed by atoms with Crippen LogP contribution in [0.25, 0.3) is 5.69 Å². The molecule has 0 unspecified atom stereocenters. The standard InChI is InChI=1S/C28H32N4O3S/c1-30(24-13-6-7-14-25(24)35-2)17-16-26(33)31-18-15-23-22(19-31)27(34)32(20-9-4-3-5-10-20)28(29-23)36-21-11-8-12-21/h3-7,9-10,13-14,21H,8,11-12,15-19H2,1-2H3. The Morgan fingerprint density at radius 2 is 1.89 bits per heavy atom. The fraction of sp³-hybridized carbons (Fsp3) is 0.393. The molecule has 2 aromatic carbocycles. The van der Waals surface area contributed by atoms with Gasteiger partial charge in [-0.15, -0.1) is 0 Å². The summed E-state index contributed by atoms with van der Waals surface area (Å²) in [6.07, 6.45) is 4.53. The molecule has 0 bridgehead atoms. The van der Waals surface area contributed by atoms with E-state index in [1.807, 2.05) is 66.5 Å². The van der Waals surface area contributed by atoms with E-state index in [1.165, 1.54) is 6.42 Å². The van der Waals surface area contributed by atoms with Crippen molar-refractivity contribution in [3.63, 3.8) is 0 Å². The Morgan fingerprint density at radius 3 is 2.61 bits per heavy atom. The number of rotatable bonds is 8. The maximum absolute atomic E-state index is 13.8. The summed E-state index contributed by atoms with van der Waals surface area (Å²) >= 11 is 1.71. The Labute approximate surface area is 216 Å². The van der Waals surface area contributed by atoms with Gasteiger partial charge in [0.15, 0.2) is 5.16 Å². The molecule has 1 fully saturated rings. The van der Waals surface area contributed by atoms with Crippen molar-refractivity contribution < 1.29 is 9.53 Å². The van der Waals surface area contributed by atoms with Gasteiger partial charge < -0.3 is 14.5 Å².